The molecule has 100 valence electrons. The minimum absolute atomic E-state index is 0.180. The third kappa shape index (κ3) is 5.14. The fourth-order valence-corrected chi connectivity index (χ4v) is 1.40. The molecule has 0 bridgehead atoms. The zero-order chi connectivity index (χ0) is 13.4. The number of pyridine rings is 1. The minimum Gasteiger partial charge on any atom is -0.478 e. The van der Waals surface area contributed by atoms with Crippen LogP contribution in [0.3, 0.4) is 0 Å². The summed E-state index contributed by atoms with van der Waals surface area (Å²) in [5.41, 5.74) is 0.754. The van der Waals surface area contributed by atoms with Crippen LogP contribution in [-0.2, 0) is 4.74 Å². The predicted molar refractivity (Wildman–Crippen MR) is 70.0 cm³/mol. The average Bonchev–Trinajstić information content (AvgIpc) is 2.33. The number of hydrogen-bond donors (Lipinski definition) is 2. The standard InChI is InChI=1S/C13H20N2O3/c1-10(2)4-7-18-8-6-15-12-3-5-14-9-11(12)13(16)17/h3,5,9-10H,4,6-8H2,1-2H3,(H,14,15)(H,16,17). The number of rotatable bonds is 8. The van der Waals surface area contributed by atoms with E-state index in [1.165, 1.54) is 6.20 Å². The van der Waals surface area contributed by atoms with Crippen molar-refractivity contribution < 1.29 is 14.6 Å². The molecule has 0 saturated heterocycles. The first-order chi connectivity index (χ1) is 8.61. The molecular formula is C13H20N2O3. The SMILES string of the molecule is CC(C)CCOCCNc1ccncc1C(=O)O. The summed E-state index contributed by atoms with van der Waals surface area (Å²) in [7, 11) is 0. The van der Waals surface area contributed by atoms with E-state index < -0.39 is 5.97 Å². The molecule has 0 aliphatic rings. The van der Waals surface area contributed by atoms with Gasteiger partial charge in [-0.1, -0.05) is 13.8 Å². The topological polar surface area (TPSA) is 71.5 Å². The van der Waals surface area contributed by atoms with Crippen LogP contribution in [0.5, 0.6) is 0 Å². The van der Waals surface area contributed by atoms with Crippen LogP contribution in [-0.4, -0.2) is 35.8 Å². The van der Waals surface area contributed by atoms with E-state index >= 15 is 0 Å². The Bertz CT molecular complexity index is 380. The van der Waals surface area contributed by atoms with Gasteiger partial charge in [-0.15, -0.1) is 0 Å². The molecule has 0 unspecified atom stereocenters. The third-order valence-corrected chi connectivity index (χ3v) is 2.45. The van der Waals surface area contributed by atoms with Crippen LogP contribution in [0.2, 0.25) is 0 Å². The van der Waals surface area contributed by atoms with Gasteiger partial charge in [0.2, 0.25) is 0 Å². The van der Waals surface area contributed by atoms with Crippen molar-refractivity contribution in [2.45, 2.75) is 20.3 Å². The van der Waals surface area contributed by atoms with Gasteiger partial charge in [0.1, 0.15) is 5.56 Å². The molecular weight excluding hydrogens is 232 g/mol. The van der Waals surface area contributed by atoms with E-state index in [4.69, 9.17) is 9.84 Å². The van der Waals surface area contributed by atoms with E-state index in [0.717, 1.165) is 13.0 Å². The van der Waals surface area contributed by atoms with Crippen LogP contribution in [0.25, 0.3) is 0 Å². The van der Waals surface area contributed by atoms with Crippen molar-refractivity contribution in [3.8, 4) is 0 Å². The van der Waals surface area contributed by atoms with Gasteiger partial charge in [0.05, 0.1) is 12.3 Å². The van der Waals surface area contributed by atoms with E-state index in [-0.39, 0.29) is 5.56 Å². The summed E-state index contributed by atoms with van der Waals surface area (Å²) in [6.07, 6.45) is 3.94. The van der Waals surface area contributed by atoms with Gasteiger partial charge in [-0.25, -0.2) is 4.79 Å². The molecule has 1 aromatic heterocycles. The second kappa shape index (κ2) is 7.66. The van der Waals surface area contributed by atoms with Crippen molar-refractivity contribution >= 4 is 11.7 Å². The van der Waals surface area contributed by atoms with Crippen molar-refractivity contribution in [2.75, 3.05) is 25.1 Å². The van der Waals surface area contributed by atoms with Crippen LogP contribution in [0, 0.1) is 5.92 Å². The number of carbonyl (C=O) groups is 1. The lowest BCUT2D eigenvalue weighted by atomic mass is 10.1. The lowest BCUT2D eigenvalue weighted by molar-refractivity contribution is 0.0697. The molecule has 18 heavy (non-hydrogen) atoms. The molecule has 0 amide bonds. The molecule has 2 N–H and O–H groups in total. The highest BCUT2D eigenvalue weighted by atomic mass is 16.5. The number of ether oxygens (including phenoxy) is 1. The number of aromatic nitrogens is 1. The molecule has 1 aromatic rings. The lowest BCUT2D eigenvalue weighted by Gasteiger charge is -2.10. The van der Waals surface area contributed by atoms with Crippen molar-refractivity contribution in [3.63, 3.8) is 0 Å². The highest BCUT2D eigenvalue weighted by Gasteiger charge is 2.08. The van der Waals surface area contributed by atoms with Crippen molar-refractivity contribution in [2.24, 2.45) is 5.92 Å². The average molecular weight is 252 g/mol. The number of nitrogens with one attached hydrogen (secondary N) is 1. The number of carboxylic acids is 1. The first-order valence-electron chi connectivity index (χ1n) is 6.10. The van der Waals surface area contributed by atoms with E-state index in [0.29, 0.717) is 24.8 Å². The maximum Gasteiger partial charge on any atom is 0.339 e. The van der Waals surface area contributed by atoms with E-state index in [1.807, 2.05) is 0 Å². The van der Waals surface area contributed by atoms with Gasteiger partial charge < -0.3 is 15.2 Å². The maximum atomic E-state index is 10.9. The normalized spacial score (nSPS) is 10.6. The Balaban J connectivity index is 2.29. The minimum atomic E-state index is -0.980. The lowest BCUT2D eigenvalue weighted by Crippen LogP contribution is -2.13. The highest BCUT2D eigenvalue weighted by molar-refractivity contribution is 5.93. The van der Waals surface area contributed by atoms with Crippen LogP contribution in [0.15, 0.2) is 18.5 Å². The third-order valence-electron chi connectivity index (χ3n) is 2.45. The summed E-state index contributed by atoms with van der Waals surface area (Å²) >= 11 is 0. The zero-order valence-electron chi connectivity index (χ0n) is 10.8. The number of anilines is 1. The van der Waals surface area contributed by atoms with Gasteiger partial charge in [0, 0.05) is 25.5 Å². The number of aromatic carboxylic acids is 1. The smallest absolute Gasteiger partial charge is 0.339 e. The van der Waals surface area contributed by atoms with Crippen molar-refractivity contribution in [1.29, 1.82) is 0 Å². The van der Waals surface area contributed by atoms with E-state index in [1.54, 1.807) is 12.3 Å². The number of hydrogen-bond acceptors (Lipinski definition) is 4. The van der Waals surface area contributed by atoms with Gasteiger partial charge in [0.25, 0.3) is 0 Å². The number of carboxylic acid groups (broad SMARTS) is 1. The van der Waals surface area contributed by atoms with Gasteiger partial charge in [-0.3, -0.25) is 4.98 Å². The second-order valence-electron chi connectivity index (χ2n) is 4.45. The van der Waals surface area contributed by atoms with Gasteiger partial charge >= 0.3 is 5.97 Å². The van der Waals surface area contributed by atoms with Crippen LogP contribution >= 0.6 is 0 Å². The summed E-state index contributed by atoms with van der Waals surface area (Å²) in [5.74, 6) is -0.344. The van der Waals surface area contributed by atoms with Crippen molar-refractivity contribution in [1.82, 2.24) is 4.98 Å². The summed E-state index contributed by atoms with van der Waals surface area (Å²) < 4.78 is 5.44. The molecule has 0 fully saturated rings. The second-order valence-corrected chi connectivity index (χ2v) is 4.45. The summed E-state index contributed by atoms with van der Waals surface area (Å²) in [4.78, 5) is 14.7. The molecule has 0 atom stereocenters. The molecule has 1 rings (SSSR count). The fraction of sp³-hybridized carbons (Fsp3) is 0.538. The Labute approximate surface area is 107 Å². The zero-order valence-corrected chi connectivity index (χ0v) is 10.8. The van der Waals surface area contributed by atoms with Crippen LogP contribution < -0.4 is 5.32 Å². The Morgan fingerprint density at radius 3 is 2.94 bits per heavy atom. The molecule has 0 saturated carbocycles. The Hall–Kier alpha value is -1.62. The summed E-state index contributed by atoms with van der Waals surface area (Å²) in [6, 6.07) is 1.65. The molecule has 0 aliphatic carbocycles. The fourth-order valence-electron chi connectivity index (χ4n) is 1.40. The van der Waals surface area contributed by atoms with Gasteiger partial charge in [-0.05, 0) is 18.4 Å². The Morgan fingerprint density at radius 2 is 2.28 bits per heavy atom. The molecule has 0 radical (unpaired) electrons. The highest BCUT2D eigenvalue weighted by Crippen LogP contribution is 2.12. The van der Waals surface area contributed by atoms with Crippen LogP contribution in [0.4, 0.5) is 5.69 Å². The largest absolute Gasteiger partial charge is 0.478 e. The molecule has 1 heterocycles. The van der Waals surface area contributed by atoms with Crippen molar-refractivity contribution in [3.05, 3.63) is 24.0 Å². The first kappa shape index (κ1) is 14.4. The summed E-state index contributed by atoms with van der Waals surface area (Å²) in [6.45, 7) is 6.19. The Kier molecular flexibility index (Phi) is 6.14. The molecule has 0 spiro atoms. The quantitative estimate of drug-likeness (QED) is 0.694. The van der Waals surface area contributed by atoms with E-state index in [2.05, 4.69) is 24.1 Å². The molecule has 0 aliphatic heterocycles. The van der Waals surface area contributed by atoms with Gasteiger partial charge in [0.15, 0.2) is 0 Å². The molecule has 5 nitrogen and oxygen atoms in total. The predicted octanol–water partition coefficient (Wildman–Crippen LogP) is 2.25. The molecule has 5 heteroatoms. The monoisotopic (exact) mass is 252 g/mol. The van der Waals surface area contributed by atoms with Gasteiger partial charge in [-0.2, -0.15) is 0 Å². The Morgan fingerprint density at radius 1 is 1.50 bits per heavy atom. The summed E-state index contributed by atoms with van der Waals surface area (Å²) in [5, 5.41) is 12.0. The molecule has 0 aromatic carbocycles. The van der Waals surface area contributed by atoms with E-state index in [9.17, 15) is 4.79 Å². The first-order valence-corrected chi connectivity index (χ1v) is 6.10. The number of nitrogens with zero attached hydrogens (tertiary/aromatic N) is 1. The maximum absolute atomic E-state index is 10.9. The van der Waals surface area contributed by atoms with Crippen LogP contribution in [0.1, 0.15) is 30.6 Å².